The zero-order valence-electron chi connectivity index (χ0n) is 21.1. The van der Waals surface area contributed by atoms with E-state index in [0.29, 0.717) is 10.2 Å². The molecule has 3 aliphatic heterocycles. The zero-order chi connectivity index (χ0) is 25.6. The summed E-state index contributed by atoms with van der Waals surface area (Å²) >= 11 is 1.20. The van der Waals surface area contributed by atoms with E-state index in [0.717, 1.165) is 55.0 Å². The van der Waals surface area contributed by atoms with E-state index < -0.39 is 5.91 Å². The van der Waals surface area contributed by atoms with Crippen molar-refractivity contribution in [2.75, 3.05) is 13.1 Å². The Morgan fingerprint density at radius 2 is 1.81 bits per heavy atom. The highest BCUT2D eigenvalue weighted by Gasteiger charge is 2.36. The number of likely N-dealkylation sites (tertiary alicyclic amines) is 1. The number of hydrogen-bond donors (Lipinski definition) is 1. The topological polar surface area (TPSA) is 94.1 Å². The van der Waals surface area contributed by atoms with E-state index in [1.54, 1.807) is 6.08 Å². The normalized spacial score (nSPS) is 19.1. The third kappa shape index (κ3) is 4.32. The van der Waals surface area contributed by atoms with Gasteiger partial charge in [-0.05, 0) is 87.6 Å². The summed E-state index contributed by atoms with van der Waals surface area (Å²) < 4.78 is 2.19. The molecule has 1 saturated heterocycles. The molecule has 2 amide bonds. The fourth-order valence-electron chi connectivity index (χ4n) is 5.08. The van der Waals surface area contributed by atoms with Gasteiger partial charge in [0.2, 0.25) is 11.1 Å². The Kier molecular flexibility index (Phi) is 6.42. The lowest BCUT2D eigenvalue weighted by Gasteiger charge is -2.26. The monoisotopic (exact) mass is 502 g/mol. The quantitative estimate of drug-likeness (QED) is 0.612. The Bertz CT molecular complexity index is 1360. The number of nitrogens with one attached hydrogen (secondary N) is 1. The maximum Gasteiger partial charge on any atom is 0.283 e. The number of nitrogens with zero attached hydrogens (tertiary/aromatic N) is 5. The van der Waals surface area contributed by atoms with Crippen LogP contribution in [0.5, 0.6) is 0 Å². The standard InChI is InChI=1S/C27H30N6O2S/c1-16-9-8-10-17(2)24(16)32-18(3)13-20(19(32)4)14-21-25(28)33-27(29-26(21)35)36-22(30-33)15-23(34)31-11-6-5-7-12-31/h8-10,13-14,28H,5-7,11-12,15H2,1-4H3/b21-14-,28-25?. The van der Waals surface area contributed by atoms with Crippen molar-refractivity contribution in [3.63, 3.8) is 0 Å². The maximum atomic E-state index is 12.9. The number of aromatic nitrogens is 1. The molecule has 0 aliphatic carbocycles. The number of rotatable bonds is 4. The molecule has 186 valence electrons. The number of piperidine rings is 1. The molecular weight excluding hydrogens is 472 g/mol. The predicted molar refractivity (Wildman–Crippen MR) is 145 cm³/mol. The molecular formula is C27H30N6O2S. The minimum Gasteiger partial charge on any atom is -0.342 e. The number of carbonyl (C=O) groups excluding carboxylic acids is 2. The van der Waals surface area contributed by atoms with E-state index in [-0.39, 0.29) is 23.7 Å². The molecule has 8 nitrogen and oxygen atoms in total. The third-order valence-electron chi connectivity index (χ3n) is 6.94. The number of hydrogen-bond acceptors (Lipinski definition) is 5. The van der Waals surface area contributed by atoms with Crippen LogP contribution < -0.4 is 0 Å². The molecule has 2 aromatic rings. The minimum atomic E-state index is -0.463. The number of thioether (sulfide) groups is 1. The van der Waals surface area contributed by atoms with Crippen LogP contribution in [0.4, 0.5) is 0 Å². The van der Waals surface area contributed by atoms with E-state index in [2.05, 4.69) is 40.6 Å². The molecule has 0 unspecified atom stereocenters. The number of aliphatic imine (C=N–C) groups is 1. The average Bonchev–Trinajstić information content (AvgIpc) is 3.37. The van der Waals surface area contributed by atoms with Gasteiger partial charge in [0.1, 0.15) is 5.04 Å². The summed E-state index contributed by atoms with van der Waals surface area (Å²) in [5.41, 5.74) is 6.55. The molecule has 0 spiro atoms. The van der Waals surface area contributed by atoms with Gasteiger partial charge < -0.3 is 9.47 Å². The number of aryl methyl sites for hydroxylation is 3. The van der Waals surface area contributed by atoms with Gasteiger partial charge >= 0.3 is 0 Å². The number of benzene rings is 1. The van der Waals surface area contributed by atoms with Crippen molar-refractivity contribution in [2.24, 2.45) is 10.1 Å². The van der Waals surface area contributed by atoms with Crippen molar-refractivity contribution in [1.82, 2.24) is 14.5 Å². The van der Waals surface area contributed by atoms with Crippen LogP contribution in [0.2, 0.25) is 0 Å². The second-order valence-electron chi connectivity index (χ2n) is 9.53. The van der Waals surface area contributed by atoms with Crippen LogP contribution >= 0.6 is 11.8 Å². The first-order chi connectivity index (χ1) is 17.2. The minimum absolute atomic E-state index is 0.0187. The lowest BCUT2D eigenvalue weighted by Crippen LogP contribution is -2.36. The SMILES string of the molecule is Cc1cccc(C)c1-n1c(C)cc(/C=C2/C(=N)N3N=C(CC(=O)N4CCCCC4)SC3=NC2=O)c1C. The van der Waals surface area contributed by atoms with Gasteiger partial charge in [0.25, 0.3) is 5.91 Å². The summed E-state index contributed by atoms with van der Waals surface area (Å²) in [7, 11) is 0. The Labute approximate surface area is 215 Å². The molecule has 0 atom stereocenters. The van der Waals surface area contributed by atoms with Gasteiger partial charge in [0, 0.05) is 24.5 Å². The third-order valence-corrected chi connectivity index (χ3v) is 7.85. The Balaban J connectivity index is 1.42. The molecule has 5 rings (SSSR count). The van der Waals surface area contributed by atoms with Crippen molar-refractivity contribution in [2.45, 2.75) is 53.4 Å². The van der Waals surface area contributed by atoms with Crippen molar-refractivity contribution >= 4 is 45.7 Å². The van der Waals surface area contributed by atoms with Gasteiger partial charge in [-0.25, -0.2) is 0 Å². The Morgan fingerprint density at radius 1 is 1.11 bits per heavy atom. The van der Waals surface area contributed by atoms with Crippen LogP contribution in [0.15, 0.2) is 39.9 Å². The van der Waals surface area contributed by atoms with Gasteiger partial charge in [0.15, 0.2) is 5.84 Å². The highest BCUT2D eigenvalue weighted by atomic mass is 32.2. The summed E-state index contributed by atoms with van der Waals surface area (Å²) in [6.07, 6.45) is 5.11. The van der Waals surface area contributed by atoms with E-state index in [1.807, 2.05) is 30.9 Å². The van der Waals surface area contributed by atoms with Crippen molar-refractivity contribution in [1.29, 1.82) is 5.41 Å². The van der Waals surface area contributed by atoms with Crippen LogP contribution in [-0.4, -0.2) is 55.4 Å². The maximum absolute atomic E-state index is 12.9. The first kappa shape index (κ1) is 24.2. The molecule has 1 fully saturated rings. The number of amidine groups is 2. The lowest BCUT2D eigenvalue weighted by atomic mass is 10.1. The number of carbonyl (C=O) groups is 2. The largest absolute Gasteiger partial charge is 0.342 e. The molecule has 0 radical (unpaired) electrons. The molecule has 3 aliphatic rings. The number of hydrazone groups is 1. The number of para-hydroxylation sites is 1. The highest BCUT2D eigenvalue weighted by molar-refractivity contribution is 8.27. The molecule has 9 heteroatoms. The molecule has 4 heterocycles. The van der Waals surface area contributed by atoms with Crippen LogP contribution in [0, 0.1) is 33.1 Å². The molecule has 0 saturated carbocycles. The second-order valence-corrected chi connectivity index (χ2v) is 10.6. The molecule has 1 aromatic carbocycles. The summed E-state index contributed by atoms with van der Waals surface area (Å²) in [6, 6.07) is 8.25. The number of amides is 2. The number of fused-ring (bicyclic) bond motifs is 1. The highest BCUT2D eigenvalue weighted by Crippen LogP contribution is 2.32. The van der Waals surface area contributed by atoms with E-state index in [4.69, 9.17) is 5.41 Å². The fourth-order valence-corrected chi connectivity index (χ4v) is 5.96. The van der Waals surface area contributed by atoms with Crippen LogP contribution in [-0.2, 0) is 9.59 Å². The van der Waals surface area contributed by atoms with E-state index in [9.17, 15) is 9.59 Å². The summed E-state index contributed by atoms with van der Waals surface area (Å²) in [5.74, 6) is -0.446. The second kappa shape index (κ2) is 9.54. The van der Waals surface area contributed by atoms with Gasteiger partial charge in [-0.15, -0.1) is 0 Å². The van der Waals surface area contributed by atoms with Crippen LogP contribution in [0.3, 0.4) is 0 Å². The Morgan fingerprint density at radius 3 is 2.50 bits per heavy atom. The molecule has 1 N–H and O–H groups in total. The van der Waals surface area contributed by atoms with E-state index in [1.165, 1.54) is 27.9 Å². The van der Waals surface area contributed by atoms with E-state index >= 15 is 0 Å². The van der Waals surface area contributed by atoms with Gasteiger partial charge in [-0.2, -0.15) is 15.1 Å². The lowest BCUT2D eigenvalue weighted by molar-refractivity contribution is -0.130. The van der Waals surface area contributed by atoms with Crippen molar-refractivity contribution in [3.8, 4) is 5.69 Å². The molecule has 1 aromatic heterocycles. The first-order valence-corrected chi connectivity index (χ1v) is 13.1. The van der Waals surface area contributed by atoms with Gasteiger partial charge in [-0.3, -0.25) is 15.0 Å². The van der Waals surface area contributed by atoms with Gasteiger partial charge in [-0.1, -0.05) is 18.2 Å². The average molecular weight is 503 g/mol. The molecule has 0 bridgehead atoms. The first-order valence-electron chi connectivity index (χ1n) is 12.3. The van der Waals surface area contributed by atoms with Crippen molar-refractivity contribution < 1.29 is 9.59 Å². The Hall–Kier alpha value is -3.46. The summed E-state index contributed by atoms with van der Waals surface area (Å²) in [4.78, 5) is 31.7. The predicted octanol–water partition coefficient (Wildman–Crippen LogP) is 4.73. The van der Waals surface area contributed by atoms with Gasteiger partial charge in [0.05, 0.1) is 17.7 Å². The summed E-state index contributed by atoms with van der Waals surface area (Å²) in [5, 5.41) is 15.5. The zero-order valence-corrected chi connectivity index (χ0v) is 21.9. The molecule has 36 heavy (non-hydrogen) atoms. The van der Waals surface area contributed by atoms with Crippen LogP contribution in [0.25, 0.3) is 11.8 Å². The smallest absolute Gasteiger partial charge is 0.283 e. The summed E-state index contributed by atoms with van der Waals surface area (Å²) in [6.45, 7) is 9.80. The van der Waals surface area contributed by atoms with Crippen molar-refractivity contribution in [3.05, 3.63) is 57.9 Å². The van der Waals surface area contributed by atoms with Crippen LogP contribution in [0.1, 0.15) is 53.8 Å². The fraction of sp³-hybridized carbons (Fsp3) is 0.370.